The van der Waals surface area contributed by atoms with Gasteiger partial charge in [-0.1, -0.05) is 12.1 Å². The molecule has 0 bridgehead atoms. The first kappa shape index (κ1) is 14.3. The molecule has 1 N–H and O–H groups in total. The van der Waals surface area contributed by atoms with Gasteiger partial charge in [0.05, 0.1) is 11.2 Å². The number of carbonyl (C=O) groups is 1. The lowest BCUT2D eigenvalue weighted by atomic mass is 10.1. The number of aromatic amines is 1. The molecule has 1 aromatic carbocycles. The Hall–Kier alpha value is -3.28. The van der Waals surface area contributed by atoms with Crippen molar-refractivity contribution in [1.82, 2.24) is 24.7 Å². The molecule has 118 valence electrons. The van der Waals surface area contributed by atoms with Gasteiger partial charge in [-0.3, -0.25) is 4.79 Å². The van der Waals surface area contributed by atoms with Crippen molar-refractivity contribution in [3.8, 4) is 11.4 Å². The van der Waals surface area contributed by atoms with Crippen molar-refractivity contribution in [3.05, 3.63) is 65.6 Å². The lowest BCUT2D eigenvalue weighted by molar-refractivity contribution is 0.0942. The topological polar surface area (TPSA) is 76.5 Å². The molecular weight excluding hydrogens is 302 g/mol. The van der Waals surface area contributed by atoms with Gasteiger partial charge in [0.2, 0.25) is 0 Å². The van der Waals surface area contributed by atoms with Crippen LogP contribution in [0.4, 0.5) is 0 Å². The van der Waals surface area contributed by atoms with Crippen molar-refractivity contribution in [1.29, 1.82) is 0 Å². The fourth-order valence-corrected chi connectivity index (χ4v) is 2.71. The second-order valence-electron chi connectivity index (χ2n) is 5.68. The summed E-state index contributed by atoms with van der Waals surface area (Å²) in [5, 5.41) is 4.24. The second-order valence-corrected chi connectivity index (χ2v) is 5.68. The highest BCUT2D eigenvalue weighted by atomic mass is 16.2. The SMILES string of the molecule is Cc1cc(C)n(C(=O)c2ccc(-c3nc4ncccc4[nH]3)cc2)n1. The van der Waals surface area contributed by atoms with Gasteiger partial charge in [-0.2, -0.15) is 5.10 Å². The molecule has 0 fully saturated rings. The predicted molar refractivity (Wildman–Crippen MR) is 90.8 cm³/mol. The number of H-pyrrole nitrogens is 1. The summed E-state index contributed by atoms with van der Waals surface area (Å²) in [5.41, 5.74) is 4.69. The van der Waals surface area contributed by atoms with Crippen LogP contribution in [0, 0.1) is 13.8 Å². The Morgan fingerprint density at radius 2 is 1.92 bits per heavy atom. The van der Waals surface area contributed by atoms with Crippen LogP contribution in [0.1, 0.15) is 21.7 Å². The molecule has 0 unspecified atom stereocenters. The molecule has 24 heavy (non-hydrogen) atoms. The molecule has 0 aliphatic rings. The minimum atomic E-state index is -0.140. The summed E-state index contributed by atoms with van der Waals surface area (Å²) in [5.74, 6) is 0.590. The van der Waals surface area contributed by atoms with Crippen molar-refractivity contribution in [3.63, 3.8) is 0 Å². The predicted octanol–water partition coefficient (Wildman–Crippen LogP) is 3.13. The number of rotatable bonds is 2. The number of fused-ring (bicyclic) bond motifs is 1. The smallest absolute Gasteiger partial charge is 0.278 e. The third kappa shape index (κ3) is 2.38. The van der Waals surface area contributed by atoms with E-state index >= 15 is 0 Å². The van der Waals surface area contributed by atoms with Crippen LogP contribution in [0.25, 0.3) is 22.6 Å². The monoisotopic (exact) mass is 317 g/mol. The van der Waals surface area contributed by atoms with Crippen LogP contribution in [0.5, 0.6) is 0 Å². The van der Waals surface area contributed by atoms with E-state index in [1.165, 1.54) is 4.68 Å². The number of aromatic nitrogens is 5. The summed E-state index contributed by atoms with van der Waals surface area (Å²) in [6.45, 7) is 3.74. The number of hydrogen-bond acceptors (Lipinski definition) is 4. The zero-order valence-electron chi connectivity index (χ0n) is 13.3. The van der Waals surface area contributed by atoms with Gasteiger partial charge < -0.3 is 4.98 Å². The highest BCUT2D eigenvalue weighted by Gasteiger charge is 2.13. The largest absolute Gasteiger partial charge is 0.337 e. The van der Waals surface area contributed by atoms with E-state index in [0.29, 0.717) is 11.2 Å². The molecule has 0 saturated heterocycles. The molecule has 3 heterocycles. The van der Waals surface area contributed by atoms with Gasteiger partial charge in [-0.25, -0.2) is 14.6 Å². The van der Waals surface area contributed by atoms with Crippen LogP contribution < -0.4 is 0 Å². The highest BCUT2D eigenvalue weighted by molar-refractivity contribution is 5.96. The Morgan fingerprint density at radius 3 is 2.58 bits per heavy atom. The summed E-state index contributed by atoms with van der Waals surface area (Å²) >= 11 is 0. The number of imidazole rings is 1. The van der Waals surface area contributed by atoms with Crippen LogP contribution in [0.3, 0.4) is 0 Å². The van der Waals surface area contributed by atoms with E-state index in [2.05, 4.69) is 20.1 Å². The van der Waals surface area contributed by atoms with Gasteiger partial charge in [-0.15, -0.1) is 0 Å². The molecule has 0 atom stereocenters. The minimum Gasteiger partial charge on any atom is -0.337 e. The fraction of sp³-hybridized carbons (Fsp3) is 0.111. The number of nitrogens with one attached hydrogen (secondary N) is 1. The van der Waals surface area contributed by atoms with E-state index in [4.69, 9.17) is 0 Å². The van der Waals surface area contributed by atoms with Crippen LogP contribution in [0.2, 0.25) is 0 Å². The van der Waals surface area contributed by atoms with Crippen molar-refractivity contribution < 1.29 is 4.79 Å². The molecule has 0 radical (unpaired) electrons. The number of aryl methyl sites for hydroxylation is 2. The first-order valence-electron chi connectivity index (χ1n) is 7.61. The average Bonchev–Trinajstić information content (AvgIpc) is 3.17. The van der Waals surface area contributed by atoms with E-state index in [1.807, 2.05) is 44.2 Å². The van der Waals surface area contributed by atoms with Gasteiger partial charge in [0.1, 0.15) is 5.82 Å². The van der Waals surface area contributed by atoms with Crippen LogP contribution in [-0.2, 0) is 0 Å². The third-order valence-corrected chi connectivity index (χ3v) is 3.86. The van der Waals surface area contributed by atoms with E-state index < -0.39 is 0 Å². The molecule has 4 rings (SSSR count). The zero-order chi connectivity index (χ0) is 16.7. The maximum absolute atomic E-state index is 12.5. The fourth-order valence-electron chi connectivity index (χ4n) is 2.71. The van der Waals surface area contributed by atoms with Gasteiger partial charge in [0.25, 0.3) is 5.91 Å². The average molecular weight is 317 g/mol. The minimum absolute atomic E-state index is 0.140. The molecular formula is C18H15N5O. The number of carbonyl (C=O) groups excluding carboxylic acids is 1. The molecule has 3 aromatic heterocycles. The summed E-state index contributed by atoms with van der Waals surface area (Å²) in [4.78, 5) is 24.4. The van der Waals surface area contributed by atoms with Crippen molar-refractivity contribution in [2.24, 2.45) is 0 Å². The highest BCUT2D eigenvalue weighted by Crippen LogP contribution is 2.20. The molecule has 6 heteroatoms. The first-order chi connectivity index (χ1) is 11.6. The van der Waals surface area contributed by atoms with Crippen LogP contribution >= 0.6 is 0 Å². The maximum atomic E-state index is 12.5. The second kappa shape index (κ2) is 5.42. The molecule has 4 aromatic rings. The molecule has 0 aliphatic carbocycles. The standard InChI is InChI=1S/C18H15N5O/c1-11-10-12(2)23(22-11)18(24)14-7-5-13(6-8-14)16-20-15-4-3-9-19-17(15)21-16/h3-10H,1-2H3,(H,19,20,21). The van der Waals surface area contributed by atoms with Gasteiger partial charge in [0.15, 0.2) is 5.65 Å². The lowest BCUT2D eigenvalue weighted by Gasteiger charge is -2.04. The summed E-state index contributed by atoms with van der Waals surface area (Å²) in [7, 11) is 0. The van der Waals surface area contributed by atoms with Crippen molar-refractivity contribution >= 4 is 17.1 Å². The number of hydrogen-bond donors (Lipinski definition) is 1. The number of pyridine rings is 1. The summed E-state index contributed by atoms with van der Waals surface area (Å²) < 4.78 is 1.43. The maximum Gasteiger partial charge on any atom is 0.278 e. The van der Waals surface area contributed by atoms with Crippen LogP contribution in [-0.4, -0.2) is 30.6 Å². The number of nitrogens with zero attached hydrogens (tertiary/aromatic N) is 4. The quantitative estimate of drug-likeness (QED) is 0.616. The zero-order valence-corrected chi connectivity index (χ0v) is 13.3. The molecule has 6 nitrogen and oxygen atoms in total. The summed E-state index contributed by atoms with van der Waals surface area (Å²) in [6.07, 6.45) is 1.71. The van der Waals surface area contributed by atoms with Crippen molar-refractivity contribution in [2.45, 2.75) is 13.8 Å². The Bertz CT molecular complexity index is 1010. The lowest BCUT2D eigenvalue weighted by Crippen LogP contribution is -2.15. The molecule has 0 saturated carbocycles. The summed E-state index contributed by atoms with van der Waals surface area (Å²) in [6, 6.07) is 13.0. The first-order valence-corrected chi connectivity index (χ1v) is 7.61. The molecule has 0 spiro atoms. The van der Waals surface area contributed by atoms with E-state index in [-0.39, 0.29) is 5.91 Å². The molecule has 0 amide bonds. The molecule has 0 aliphatic heterocycles. The third-order valence-electron chi connectivity index (χ3n) is 3.86. The van der Waals surface area contributed by atoms with E-state index in [9.17, 15) is 4.79 Å². The van der Waals surface area contributed by atoms with Crippen molar-refractivity contribution in [2.75, 3.05) is 0 Å². The van der Waals surface area contributed by atoms with Gasteiger partial charge >= 0.3 is 0 Å². The van der Waals surface area contributed by atoms with Gasteiger partial charge in [0, 0.05) is 23.0 Å². The van der Waals surface area contributed by atoms with E-state index in [0.717, 1.165) is 28.3 Å². The Kier molecular flexibility index (Phi) is 3.23. The Balaban J connectivity index is 1.67. The van der Waals surface area contributed by atoms with Gasteiger partial charge in [-0.05, 0) is 44.2 Å². The Labute approximate surface area is 138 Å². The van der Waals surface area contributed by atoms with E-state index in [1.54, 1.807) is 18.3 Å². The number of benzene rings is 1. The normalized spacial score (nSPS) is 11.1. The van der Waals surface area contributed by atoms with Crippen LogP contribution in [0.15, 0.2) is 48.7 Å². The Morgan fingerprint density at radius 1 is 1.12 bits per heavy atom.